The van der Waals surface area contributed by atoms with Gasteiger partial charge in [-0.1, -0.05) is 6.07 Å². The van der Waals surface area contributed by atoms with Crippen molar-refractivity contribution in [1.82, 2.24) is 0 Å². The third-order valence-corrected chi connectivity index (χ3v) is 4.05. The number of hydrogen-bond donors (Lipinski definition) is 1. The molecule has 0 bridgehead atoms. The maximum Gasteiger partial charge on any atom is 0.140 e. The van der Waals surface area contributed by atoms with Crippen LogP contribution in [0.4, 0.5) is 8.78 Å². The number of ketones is 1. The summed E-state index contributed by atoms with van der Waals surface area (Å²) in [6, 6.07) is 3.69. The fraction of sp³-hybridized carbons (Fsp3) is 0.533. The Bertz CT molecular complexity index is 433. The molecule has 0 aliphatic heterocycles. The molecule has 2 nitrogen and oxygen atoms in total. The van der Waals surface area contributed by atoms with Crippen LogP contribution < -0.4 is 5.73 Å². The van der Waals surface area contributed by atoms with Crippen LogP contribution >= 0.6 is 0 Å². The lowest BCUT2D eigenvalue weighted by atomic mass is 9.79. The highest BCUT2D eigenvalue weighted by atomic mass is 19.1. The zero-order valence-electron chi connectivity index (χ0n) is 10.9. The Kier molecular flexibility index (Phi) is 4.64. The molecule has 1 aliphatic carbocycles. The second kappa shape index (κ2) is 6.24. The average Bonchev–Trinajstić information content (AvgIpc) is 2.43. The van der Waals surface area contributed by atoms with E-state index in [9.17, 15) is 13.6 Å². The van der Waals surface area contributed by atoms with Gasteiger partial charge in [0.1, 0.15) is 17.4 Å². The summed E-state index contributed by atoms with van der Waals surface area (Å²) < 4.78 is 27.0. The van der Waals surface area contributed by atoms with E-state index in [-0.39, 0.29) is 23.7 Å². The van der Waals surface area contributed by atoms with Crippen LogP contribution in [0.1, 0.15) is 31.2 Å². The minimum atomic E-state index is -0.635. The van der Waals surface area contributed by atoms with E-state index in [1.54, 1.807) is 0 Å². The summed E-state index contributed by atoms with van der Waals surface area (Å²) in [5, 5.41) is 0. The van der Waals surface area contributed by atoms with Gasteiger partial charge >= 0.3 is 0 Å². The molecule has 1 aromatic carbocycles. The lowest BCUT2D eigenvalue weighted by molar-refractivity contribution is -0.123. The molecular weight excluding hydrogens is 248 g/mol. The van der Waals surface area contributed by atoms with Crippen LogP contribution in [0.3, 0.4) is 0 Å². The first-order valence-corrected chi connectivity index (χ1v) is 6.77. The first kappa shape index (κ1) is 14.1. The van der Waals surface area contributed by atoms with Crippen molar-refractivity contribution in [2.24, 2.45) is 17.6 Å². The molecule has 0 amide bonds. The molecule has 2 rings (SSSR count). The van der Waals surface area contributed by atoms with Crippen molar-refractivity contribution in [1.29, 1.82) is 0 Å². The van der Waals surface area contributed by atoms with Crippen LogP contribution in [-0.4, -0.2) is 12.3 Å². The van der Waals surface area contributed by atoms with E-state index >= 15 is 0 Å². The fourth-order valence-corrected chi connectivity index (χ4v) is 2.74. The van der Waals surface area contributed by atoms with E-state index in [1.807, 2.05) is 0 Å². The number of rotatable bonds is 4. The average molecular weight is 267 g/mol. The van der Waals surface area contributed by atoms with E-state index < -0.39 is 11.6 Å². The quantitative estimate of drug-likeness (QED) is 0.911. The van der Waals surface area contributed by atoms with Gasteiger partial charge in [-0.2, -0.15) is 0 Å². The highest BCUT2D eigenvalue weighted by molar-refractivity contribution is 5.83. The maximum atomic E-state index is 13.5. The van der Waals surface area contributed by atoms with E-state index in [0.29, 0.717) is 12.5 Å². The van der Waals surface area contributed by atoms with Crippen LogP contribution in [0.5, 0.6) is 0 Å². The molecular formula is C15H19F2NO. The van der Waals surface area contributed by atoms with Crippen LogP contribution in [0.25, 0.3) is 0 Å². The minimum Gasteiger partial charge on any atom is -0.330 e. The number of benzene rings is 1. The number of hydrogen-bond acceptors (Lipinski definition) is 2. The smallest absolute Gasteiger partial charge is 0.140 e. The molecule has 1 aromatic rings. The number of carbonyl (C=O) groups is 1. The third kappa shape index (κ3) is 3.38. The van der Waals surface area contributed by atoms with Gasteiger partial charge in [0.2, 0.25) is 0 Å². The summed E-state index contributed by atoms with van der Waals surface area (Å²) in [6.45, 7) is 0.656. The van der Waals surface area contributed by atoms with E-state index in [2.05, 4.69) is 0 Å². The summed E-state index contributed by atoms with van der Waals surface area (Å²) >= 11 is 0. The summed E-state index contributed by atoms with van der Waals surface area (Å²) in [5.74, 6) is -0.900. The second-order valence-corrected chi connectivity index (χ2v) is 5.30. The van der Waals surface area contributed by atoms with Crippen LogP contribution in [-0.2, 0) is 11.2 Å². The monoisotopic (exact) mass is 267 g/mol. The van der Waals surface area contributed by atoms with Gasteiger partial charge in [0.25, 0.3) is 0 Å². The molecule has 104 valence electrons. The Morgan fingerprint density at radius 2 is 1.74 bits per heavy atom. The molecule has 2 N–H and O–H groups in total. The Morgan fingerprint density at radius 1 is 1.16 bits per heavy atom. The Labute approximate surface area is 112 Å². The van der Waals surface area contributed by atoms with Crippen molar-refractivity contribution in [3.8, 4) is 0 Å². The predicted molar refractivity (Wildman–Crippen MR) is 69.6 cm³/mol. The molecule has 19 heavy (non-hydrogen) atoms. The normalized spacial score (nSPS) is 23.3. The second-order valence-electron chi connectivity index (χ2n) is 5.30. The number of nitrogens with two attached hydrogens (primary N) is 1. The van der Waals surface area contributed by atoms with Gasteiger partial charge in [0.05, 0.1) is 0 Å². The lowest BCUT2D eigenvalue weighted by Gasteiger charge is -2.26. The Morgan fingerprint density at radius 3 is 2.26 bits per heavy atom. The van der Waals surface area contributed by atoms with E-state index in [4.69, 9.17) is 5.73 Å². The zero-order chi connectivity index (χ0) is 13.8. The maximum absolute atomic E-state index is 13.5. The number of halogens is 2. The van der Waals surface area contributed by atoms with Crippen LogP contribution in [0.15, 0.2) is 18.2 Å². The van der Waals surface area contributed by atoms with Crippen LogP contribution in [0.2, 0.25) is 0 Å². The van der Waals surface area contributed by atoms with Crippen molar-refractivity contribution in [2.45, 2.75) is 32.1 Å². The standard InChI is InChI=1S/C15H19F2NO/c16-13-2-1-3-14(17)12(13)8-15(19)11-6-4-10(9-18)5-7-11/h1-3,10-11H,4-9,18H2. The van der Waals surface area contributed by atoms with E-state index in [1.165, 1.54) is 18.2 Å². The van der Waals surface area contributed by atoms with Crippen molar-refractivity contribution < 1.29 is 13.6 Å². The zero-order valence-corrected chi connectivity index (χ0v) is 10.9. The van der Waals surface area contributed by atoms with Crippen molar-refractivity contribution in [3.63, 3.8) is 0 Å². The lowest BCUT2D eigenvalue weighted by Crippen LogP contribution is -2.27. The van der Waals surface area contributed by atoms with Crippen molar-refractivity contribution >= 4 is 5.78 Å². The highest BCUT2D eigenvalue weighted by Gasteiger charge is 2.26. The molecule has 1 saturated carbocycles. The Hall–Kier alpha value is -1.29. The SMILES string of the molecule is NCC1CCC(C(=O)Cc2c(F)cccc2F)CC1. The fourth-order valence-electron chi connectivity index (χ4n) is 2.74. The van der Waals surface area contributed by atoms with E-state index in [0.717, 1.165) is 25.7 Å². The first-order valence-electron chi connectivity index (χ1n) is 6.77. The summed E-state index contributed by atoms with van der Waals surface area (Å²) in [5.41, 5.74) is 5.50. The topological polar surface area (TPSA) is 43.1 Å². The van der Waals surface area contributed by atoms with Gasteiger partial charge in [0, 0.05) is 17.9 Å². The van der Waals surface area contributed by atoms with Crippen LogP contribution in [0, 0.1) is 23.5 Å². The first-order chi connectivity index (χ1) is 9.11. The van der Waals surface area contributed by atoms with Gasteiger partial charge in [0.15, 0.2) is 0 Å². The summed E-state index contributed by atoms with van der Waals surface area (Å²) in [7, 11) is 0. The molecule has 0 aromatic heterocycles. The molecule has 0 unspecified atom stereocenters. The number of carbonyl (C=O) groups excluding carboxylic acids is 1. The predicted octanol–water partition coefficient (Wildman–Crippen LogP) is 2.84. The number of Topliss-reactive ketones (excluding diaryl/α,β-unsaturated/α-hetero) is 1. The summed E-state index contributed by atoms with van der Waals surface area (Å²) in [6.07, 6.45) is 3.31. The molecule has 0 saturated heterocycles. The molecule has 1 fully saturated rings. The van der Waals surface area contributed by atoms with Gasteiger partial charge in [-0.15, -0.1) is 0 Å². The molecule has 4 heteroatoms. The minimum absolute atomic E-state index is 0.0560. The molecule has 0 heterocycles. The molecule has 0 atom stereocenters. The van der Waals surface area contributed by atoms with Gasteiger partial charge in [-0.05, 0) is 50.3 Å². The summed E-state index contributed by atoms with van der Waals surface area (Å²) in [4.78, 5) is 12.1. The largest absolute Gasteiger partial charge is 0.330 e. The molecule has 0 radical (unpaired) electrons. The third-order valence-electron chi connectivity index (χ3n) is 4.05. The molecule has 0 spiro atoms. The van der Waals surface area contributed by atoms with Crippen molar-refractivity contribution in [3.05, 3.63) is 35.4 Å². The van der Waals surface area contributed by atoms with Crippen molar-refractivity contribution in [2.75, 3.05) is 6.54 Å². The van der Waals surface area contributed by atoms with Gasteiger partial charge in [-0.3, -0.25) is 4.79 Å². The Balaban J connectivity index is 1.98. The highest BCUT2D eigenvalue weighted by Crippen LogP contribution is 2.29. The van der Waals surface area contributed by atoms with Gasteiger partial charge in [-0.25, -0.2) is 8.78 Å². The van der Waals surface area contributed by atoms with Gasteiger partial charge < -0.3 is 5.73 Å². The molecule has 1 aliphatic rings.